The predicted molar refractivity (Wildman–Crippen MR) is 126 cm³/mol. The molecule has 1 saturated carbocycles. The second kappa shape index (κ2) is 11.7. The van der Waals surface area contributed by atoms with Crippen molar-refractivity contribution >= 4 is 24.0 Å². The topological polar surface area (TPSA) is 77.2 Å². The molecule has 0 bridgehead atoms. The van der Waals surface area contributed by atoms with Gasteiger partial charge in [-0.05, 0) is 60.1 Å². The number of hydrogen-bond acceptors (Lipinski definition) is 7. The third-order valence-corrected chi connectivity index (χ3v) is 5.76. The van der Waals surface area contributed by atoms with Crippen molar-refractivity contribution in [3.63, 3.8) is 0 Å². The van der Waals surface area contributed by atoms with E-state index in [1.54, 1.807) is 0 Å². The van der Waals surface area contributed by atoms with Gasteiger partial charge in [-0.15, -0.1) is 4.33 Å². The van der Waals surface area contributed by atoms with E-state index in [2.05, 4.69) is 30.4 Å². The van der Waals surface area contributed by atoms with Gasteiger partial charge in [0.05, 0.1) is 32.5 Å². The van der Waals surface area contributed by atoms with Crippen LogP contribution in [0.25, 0.3) is 6.08 Å². The maximum atomic E-state index is 9.87. The second-order valence-electron chi connectivity index (χ2n) is 8.11. The van der Waals surface area contributed by atoms with Gasteiger partial charge >= 0.3 is 0 Å². The van der Waals surface area contributed by atoms with E-state index in [9.17, 15) is 5.11 Å². The van der Waals surface area contributed by atoms with Crippen LogP contribution in [-0.2, 0) is 27.0 Å². The van der Waals surface area contributed by atoms with Crippen molar-refractivity contribution in [2.75, 3.05) is 31.7 Å². The Morgan fingerprint density at radius 3 is 2.65 bits per heavy atom. The van der Waals surface area contributed by atoms with Gasteiger partial charge in [0.1, 0.15) is 0 Å². The van der Waals surface area contributed by atoms with Crippen LogP contribution >= 0.6 is 12.2 Å². The number of ether oxygens (including phenoxy) is 1. The molecular formula is C24H32N2O4S. The molecule has 1 atom stereocenters. The Morgan fingerprint density at radius 2 is 1.97 bits per heavy atom. The molecule has 31 heavy (non-hydrogen) atoms. The van der Waals surface area contributed by atoms with Crippen LogP contribution in [0.15, 0.2) is 54.6 Å². The summed E-state index contributed by atoms with van der Waals surface area (Å²) in [5, 5.41) is 9.87. The first-order valence-electron chi connectivity index (χ1n) is 10.5. The highest BCUT2D eigenvalue weighted by molar-refractivity contribution is 7.95. The number of benzene rings is 2. The van der Waals surface area contributed by atoms with Gasteiger partial charge in [-0.2, -0.15) is 0 Å². The van der Waals surface area contributed by atoms with Crippen LogP contribution < -0.4 is 10.0 Å². The van der Waals surface area contributed by atoms with Gasteiger partial charge in [0.2, 0.25) is 0 Å². The number of allylic oxidation sites excluding steroid dienone is 1. The van der Waals surface area contributed by atoms with Gasteiger partial charge in [0.25, 0.3) is 0 Å². The fraction of sp³-hybridized carbons (Fsp3) is 0.417. The van der Waals surface area contributed by atoms with E-state index in [0.29, 0.717) is 18.9 Å². The van der Waals surface area contributed by atoms with Gasteiger partial charge < -0.3 is 15.6 Å². The molecule has 1 aliphatic carbocycles. The standard InChI is InChI=1S/C24H32N2O4S/c1-26(31-30-28-2)23-13-21(11-10-19-8-9-19)12-22(14-23)16-29-18-24(25,17-27)15-20-6-4-3-5-7-20/h3-7,10-14,19,27H,8-9,15-18,25H2,1-2H3/b11-10-. The average molecular weight is 445 g/mol. The number of aliphatic hydroxyl groups is 1. The van der Waals surface area contributed by atoms with Gasteiger partial charge in [-0.3, -0.25) is 4.31 Å². The average Bonchev–Trinajstić information content (AvgIpc) is 3.61. The quantitative estimate of drug-likeness (QED) is 0.208. The fourth-order valence-corrected chi connectivity index (χ4v) is 3.59. The molecule has 2 aromatic carbocycles. The molecule has 0 saturated heterocycles. The Kier molecular flexibility index (Phi) is 8.95. The van der Waals surface area contributed by atoms with Gasteiger partial charge in [0.15, 0.2) is 12.2 Å². The summed E-state index contributed by atoms with van der Waals surface area (Å²) < 4.78 is 12.8. The maximum Gasteiger partial charge on any atom is 0.151 e. The summed E-state index contributed by atoms with van der Waals surface area (Å²) in [6, 6.07) is 16.2. The molecule has 0 heterocycles. The zero-order valence-electron chi connectivity index (χ0n) is 18.2. The van der Waals surface area contributed by atoms with Crippen LogP contribution in [0.4, 0.5) is 5.69 Å². The van der Waals surface area contributed by atoms with Crippen LogP contribution in [0.3, 0.4) is 0 Å². The lowest BCUT2D eigenvalue weighted by Gasteiger charge is -2.27. The molecule has 1 unspecified atom stereocenters. The molecule has 7 heteroatoms. The molecule has 0 aliphatic heterocycles. The van der Waals surface area contributed by atoms with Crippen molar-refractivity contribution in [2.24, 2.45) is 11.7 Å². The number of hydrogen-bond donors (Lipinski definition) is 2. The van der Waals surface area contributed by atoms with E-state index < -0.39 is 5.54 Å². The lowest BCUT2D eigenvalue weighted by atomic mass is 9.93. The molecule has 3 N–H and O–H groups in total. The molecule has 0 aromatic heterocycles. The Balaban J connectivity index is 1.66. The zero-order chi connectivity index (χ0) is 22.1. The Morgan fingerprint density at radius 1 is 1.19 bits per heavy atom. The van der Waals surface area contributed by atoms with E-state index in [4.69, 9.17) is 19.7 Å². The Bertz CT molecular complexity index is 845. The fourth-order valence-electron chi connectivity index (χ4n) is 3.24. The smallest absolute Gasteiger partial charge is 0.151 e. The minimum Gasteiger partial charge on any atom is -0.394 e. The number of anilines is 1. The molecule has 168 valence electrons. The third-order valence-electron chi connectivity index (χ3n) is 5.13. The van der Waals surface area contributed by atoms with Crippen LogP contribution in [0.1, 0.15) is 29.5 Å². The zero-order valence-corrected chi connectivity index (χ0v) is 19.0. The van der Waals surface area contributed by atoms with Crippen LogP contribution in [0.2, 0.25) is 0 Å². The first-order chi connectivity index (χ1) is 15.0. The normalized spacial score (nSPS) is 15.9. The first-order valence-corrected chi connectivity index (χ1v) is 11.2. The summed E-state index contributed by atoms with van der Waals surface area (Å²) in [6.07, 6.45) is 7.51. The lowest BCUT2D eigenvalue weighted by Crippen LogP contribution is -2.50. The van der Waals surface area contributed by atoms with Crippen molar-refractivity contribution < 1.29 is 19.1 Å². The predicted octanol–water partition coefficient (Wildman–Crippen LogP) is 4.14. The summed E-state index contributed by atoms with van der Waals surface area (Å²) in [4.78, 5) is 4.69. The van der Waals surface area contributed by atoms with Crippen LogP contribution in [-0.4, -0.2) is 38.0 Å². The molecule has 6 nitrogen and oxygen atoms in total. The van der Waals surface area contributed by atoms with Gasteiger partial charge in [0, 0.05) is 12.7 Å². The number of aliphatic hydroxyl groups excluding tert-OH is 1. The summed E-state index contributed by atoms with van der Waals surface area (Å²) in [6.45, 7) is 0.508. The third kappa shape index (κ3) is 7.96. The van der Waals surface area contributed by atoms with Crippen molar-refractivity contribution in [1.82, 2.24) is 0 Å². The van der Waals surface area contributed by atoms with E-state index >= 15 is 0 Å². The summed E-state index contributed by atoms with van der Waals surface area (Å²) in [7, 11) is 3.39. The number of nitrogens with zero attached hydrogens (tertiary/aromatic N) is 1. The Hall–Kier alpha value is -1.87. The van der Waals surface area contributed by atoms with E-state index in [1.807, 2.05) is 41.7 Å². The minimum atomic E-state index is -0.827. The molecule has 0 spiro atoms. The molecule has 0 radical (unpaired) electrons. The van der Waals surface area contributed by atoms with E-state index in [-0.39, 0.29) is 13.2 Å². The van der Waals surface area contributed by atoms with Crippen LogP contribution in [0.5, 0.6) is 0 Å². The summed E-state index contributed by atoms with van der Waals surface area (Å²) in [5.74, 6) is 0.702. The SMILES string of the molecule is COOSN(C)c1cc(/C=C\C2CC2)cc(COCC(N)(CO)Cc2ccccc2)c1. The van der Waals surface area contributed by atoms with E-state index in [1.165, 1.54) is 20.0 Å². The minimum absolute atomic E-state index is 0.148. The van der Waals surface area contributed by atoms with Crippen molar-refractivity contribution in [3.05, 3.63) is 71.3 Å². The lowest BCUT2D eigenvalue weighted by molar-refractivity contribution is -0.160. The first kappa shape index (κ1) is 23.8. The highest BCUT2D eigenvalue weighted by Gasteiger charge is 2.25. The summed E-state index contributed by atoms with van der Waals surface area (Å²) >= 11 is 1.11. The van der Waals surface area contributed by atoms with Crippen LogP contribution in [0, 0.1) is 5.92 Å². The molecule has 0 amide bonds. The highest BCUT2D eigenvalue weighted by atomic mass is 32.2. The maximum absolute atomic E-state index is 9.87. The molecule has 1 fully saturated rings. The Labute approximate surface area is 189 Å². The molecule has 3 rings (SSSR count). The molecular weight excluding hydrogens is 412 g/mol. The molecule has 1 aliphatic rings. The highest BCUT2D eigenvalue weighted by Crippen LogP contribution is 2.32. The number of nitrogens with two attached hydrogens (primary N) is 1. The second-order valence-corrected chi connectivity index (χ2v) is 8.94. The van der Waals surface area contributed by atoms with Gasteiger partial charge in [-0.1, -0.05) is 42.5 Å². The number of rotatable bonds is 13. The van der Waals surface area contributed by atoms with Gasteiger partial charge in [-0.25, -0.2) is 4.89 Å². The van der Waals surface area contributed by atoms with Crippen molar-refractivity contribution in [3.8, 4) is 0 Å². The van der Waals surface area contributed by atoms with E-state index in [0.717, 1.165) is 34.6 Å². The monoisotopic (exact) mass is 444 g/mol. The van der Waals surface area contributed by atoms with Crippen molar-refractivity contribution in [2.45, 2.75) is 31.4 Å². The molecule has 2 aromatic rings. The van der Waals surface area contributed by atoms with Crippen molar-refractivity contribution in [1.29, 1.82) is 0 Å². The largest absolute Gasteiger partial charge is 0.394 e. The summed E-state index contributed by atoms with van der Waals surface area (Å²) in [5.41, 5.74) is 9.78.